The van der Waals surface area contributed by atoms with Crippen LogP contribution in [0.3, 0.4) is 0 Å². The van der Waals surface area contributed by atoms with Crippen molar-refractivity contribution >= 4 is 5.78 Å². The summed E-state index contributed by atoms with van der Waals surface area (Å²) in [5, 5.41) is 0. The molecule has 0 bridgehead atoms. The van der Waals surface area contributed by atoms with E-state index in [2.05, 4.69) is 111 Å². The Morgan fingerprint density at radius 2 is 0.656 bits per heavy atom. The third-order valence-corrected chi connectivity index (χ3v) is 4.62. The second-order valence-corrected chi connectivity index (χ2v) is 7.62. The van der Waals surface area contributed by atoms with Crippen LogP contribution in [0.4, 0.5) is 0 Å². The van der Waals surface area contributed by atoms with Crippen molar-refractivity contribution < 1.29 is 4.79 Å². The lowest BCUT2D eigenvalue weighted by atomic mass is 10.1. The Labute approximate surface area is 198 Å². The number of allylic oxidation sites excluding steroid dienone is 16. The fourth-order valence-electron chi connectivity index (χ4n) is 2.81. The Morgan fingerprint density at radius 3 is 0.938 bits per heavy atom. The molecule has 0 spiro atoms. The first-order valence-electron chi connectivity index (χ1n) is 12.5. The van der Waals surface area contributed by atoms with E-state index in [-0.39, 0.29) is 0 Å². The molecule has 0 saturated carbocycles. The minimum atomic E-state index is 0.356. The largest absolute Gasteiger partial charge is 0.300 e. The molecule has 1 heteroatoms. The molecule has 0 aromatic carbocycles. The highest BCUT2D eigenvalue weighted by Crippen LogP contribution is 2.03. The zero-order chi connectivity index (χ0) is 23.4. The standard InChI is InChI=1S/C31H46O/c1-3-5-7-9-11-13-15-17-19-21-23-25-27-29-31(32)30-28-26-24-22-20-18-16-14-12-10-8-6-4-2/h5-8,11-14,17-20,23-26H,3-4,9-10,15-16,21-22,27-30H2,1-2H3/b7-5-,8-6-,13-11-,14-12-,19-17-,20-18-,25-23-,26-24-. The van der Waals surface area contributed by atoms with Gasteiger partial charge in [0.25, 0.3) is 0 Å². The van der Waals surface area contributed by atoms with Gasteiger partial charge < -0.3 is 0 Å². The van der Waals surface area contributed by atoms with E-state index >= 15 is 0 Å². The van der Waals surface area contributed by atoms with Gasteiger partial charge in [-0.05, 0) is 64.2 Å². The molecule has 0 unspecified atom stereocenters. The molecular weight excluding hydrogens is 388 g/mol. The predicted molar refractivity (Wildman–Crippen MR) is 145 cm³/mol. The second-order valence-electron chi connectivity index (χ2n) is 7.62. The first kappa shape index (κ1) is 29.6. The summed E-state index contributed by atoms with van der Waals surface area (Å²) in [6.07, 6.45) is 46.1. The summed E-state index contributed by atoms with van der Waals surface area (Å²) in [7, 11) is 0. The molecule has 0 aromatic rings. The topological polar surface area (TPSA) is 17.1 Å². The summed E-state index contributed by atoms with van der Waals surface area (Å²) < 4.78 is 0. The molecule has 0 aromatic heterocycles. The number of Topliss-reactive ketones (excluding diaryl/α,β-unsaturated/α-hetero) is 1. The van der Waals surface area contributed by atoms with Crippen LogP contribution >= 0.6 is 0 Å². The smallest absolute Gasteiger partial charge is 0.133 e. The van der Waals surface area contributed by atoms with Crippen molar-refractivity contribution in [2.75, 3.05) is 0 Å². The molecule has 0 heterocycles. The molecule has 0 atom stereocenters. The van der Waals surface area contributed by atoms with Gasteiger partial charge in [-0.2, -0.15) is 0 Å². The highest BCUT2D eigenvalue weighted by molar-refractivity contribution is 5.78. The molecule has 176 valence electrons. The average molecular weight is 435 g/mol. The van der Waals surface area contributed by atoms with Gasteiger partial charge in [0.1, 0.15) is 5.78 Å². The monoisotopic (exact) mass is 434 g/mol. The van der Waals surface area contributed by atoms with Gasteiger partial charge in [-0.1, -0.05) is 111 Å². The van der Waals surface area contributed by atoms with E-state index in [1.165, 1.54) is 0 Å². The maximum absolute atomic E-state index is 11.9. The zero-order valence-electron chi connectivity index (χ0n) is 20.6. The minimum absolute atomic E-state index is 0.356. The van der Waals surface area contributed by atoms with Crippen LogP contribution in [-0.4, -0.2) is 5.78 Å². The number of carbonyl (C=O) groups is 1. The van der Waals surface area contributed by atoms with Gasteiger partial charge in [0.2, 0.25) is 0 Å². The maximum Gasteiger partial charge on any atom is 0.133 e. The van der Waals surface area contributed by atoms with Gasteiger partial charge in [-0.15, -0.1) is 0 Å². The molecule has 0 amide bonds. The summed E-state index contributed by atoms with van der Waals surface area (Å²) in [5.41, 5.74) is 0. The first-order chi connectivity index (χ1) is 15.8. The normalized spacial score (nSPS) is 13.3. The van der Waals surface area contributed by atoms with E-state index < -0.39 is 0 Å². The predicted octanol–water partition coefficient (Wildman–Crippen LogP) is 9.73. The number of carbonyl (C=O) groups excluding carboxylic acids is 1. The highest BCUT2D eigenvalue weighted by atomic mass is 16.1. The molecule has 0 aliphatic carbocycles. The molecule has 0 radical (unpaired) electrons. The van der Waals surface area contributed by atoms with Crippen molar-refractivity contribution in [2.45, 2.75) is 90.9 Å². The number of ketones is 1. The van der Waals surface area contributed by atoms with E-state index in [1.807, 2.05) is 0 Å². The maximum atomic E-state index is 11.9. The lowest BCUT2D eigenvalue weighted by molar-refractivity contribution is -0.118. The van der Waals surface area contributed by atoms with Gasteiger partial charge in [0.15, 0.2) is 0 Å². The second kappa shape index (κ2) is 26.6. The van der Waals surface area contributed by atoms with Gasteiger partial charge in [0.05, 0.1) is 0 Å². The number of hydrogen-bond acceptors (Lipinski definition) is 1. The highest BCUT2D eigenvalue weighted by Gasteiger charge is 1.97. The third kappa shape index (κ3) is 25.6. The van der Waals surface area contributed by atoms with Gasteiger partial charge in [-0.25, -0.2) is 0 Å². The molecule has 0 rings (SSSR count). The molecule has 1 nitrogen and oxygen atoms in total. The van der Waals surface area contributed by atoms with Crippen molar-refractivity contribution in [2.24, 2.45) is 0 Å². The van der Waals surface area contributed by atoms with Crippen LogP contribution in [0, 0.1) is 0 Å². The zero-order valence-corrected chi connectivity index (χ0v) is 20.6. The van der Waals surface area contributed by atoms with E-state index in [9.17, 15) is 4.79 Å². The SMILES string of the molecule is CC/C=C\C/C=C\C/C=C\C/C=C\CCC(=O)CC/C=C\C/C=C\C/C=C\C/C=C\CC. The fourth-order valence-corrected chi connectivity index (χ4v) is 2.81. The summed E-state index contributed by atoms with van der Waals surface area (Å²) >= 11 is 0. The van der Waals surface area contributed by atoms with Crippen molar-refractivity contribution in [1.82, 2.24) is 0 Å². The lowest BCUT2D eigenvalue weighted by Gasteiger charge is -1.95. The van der Waals surface area contributed by atoms with E-state index in [4.69, 9.17) is 0 Å². The quantitative estimate of drug-likeness (QED) is 0.174. The molecule has 0 saturated heterocycles. The van der Waals surface area contributed by atoms with Crippen molar-refractivity contribution in [3.8, 4) is 0 Å². The van der Waals surface area contributed by atoms with E-state index in [0.29, 0.717) is 18.6 Å². The Bertz CT molecular complexity index is 594. The van der Waals surface area contributed by atoms with Crippen LogP contribution in [-0.2, 0) is 4.79 Å². The van der Waals surface area contributed by atoms with Crippen LogP contribution in [0.5, 0.6) is 0 Å². The summed E-state index contributed by atoms with van der Waals surface area (Å²) in [6, 6.07) is 0. The lowest BCUT2D eigenvalue weighted by Crippen LogP contribution is -1.95. The van der Waals surface area contributed by atoms with Crippen LogP contribution in [0.25, 0.3) is 0 Å². The first-order valence-corrected chi connectivity index (χ1v) is 12.5. The molecule has 0 N–H and O–H groups in total. The Hall–Kier alpha value is -2.41. The molecular formula is C31H46O. The van der Waals surface area contributed by atoms with E-state index in [1.54, 1.807) is 0 Å². The van der Waals surface area contributed by atoms with Gasteiger partial charge in [0, 0.05) is 12.8 Å². The van der Waals surface area contributed by atoms with Crippen LogP contribution < -0.4 is 0 Å². The van der Waals surface area contributed by atoms with Gasteiger partial charge >= 0.3 is 0 Å². The Balaban J connectivity index is 3.60. The molecule has 0 aliphatic rings. The van der Waals surface area contributed by atoms with Crippen LogP contribution in [0.1, 0.15) is 90.9 Å². The summed E-state index contributed by atoms with van der Waals surface area (Å²) in [5.74, 6) is 0.356. The van der Waals surface area contributed by atoms with E-state index in [0.717, 1.165) is 64.2 Å². The summed E-state index contributed by atoms with van der Waals surface area (Å²) in [6.45, 7) is 4.30. The van der Waals surface area contributed by atoms with Crippen LogP contribution in [0.2, 0.25) is 0 Å². The van der Waals surface area contributed by atoms with Crippen molar-refractivity contribution in [3.63, 3.8) is 0 Å². The Morgan fingerprint density at radius 1 is 0.406 bits per heavy atom. The average Bonchev–Trinajstić information content (AvgIpc) is 2.80. The van der Waals surface area contributed by atoms with Crippen LogP contribution in [0.15, 0.2) is 97.2 Å². The third-order valence-electron chi connectivity index (χ3n) is 4.62. The summed E-state index contributed by atoms with van der Waals surface area (Å²) in [4.78, 5) is 11.9. The fraction of sp³-hybridized carbons (Fsp3) is 0.452. The number of hydrogen-bond donors (Lipinski definition) is 0. The minimum Gasteiger partial charge on any atom is -0.300 e. The molecule has 0 fully saturated rings. The molecule has 0 aliphatic heterocycles. The number of rotatable bonds is 20. The molecule has 32 heavy (non-hydrogen) atoms. The van der Waals surface area contributed by atoms with Gasteiger partial charge in [-0.3, -0.25) is 4.79 Å². The van der Waals surface area contributed by atoms with Crippen molar-refractivity contribution in [1.29, 1.82) is 0 Å². The Kier molecular flexibility index (Phi) is 24.6. The van der Waals surface area contributed by atoms with Crippen molar-refractivity contribution in [3.05, 3.63) is 97.2 Å².